The Balaban J connectivity index is 1.65. The lowest BCUT2D eigenvalue weighted by Gasteiger charge is -2.05. The van der Waals surface area contributed by atoms with Crippen molar-refractivity contribution in [3.63, 3.8) is 0 Å². The quantitative estimate of drug-likeness (QED) is 0.900. The highest BCUT2D eigenvalue weighted by atomic mass is 79.9. The average molecular weight is 254 g/mol. The number of nitrogens with one attached hydrogen (secondary N) is 1. The molecule has 0 aromatic carbocycles. The van der Waals surface area contributed by atoms with Crippen molar-refractivity contribution in [1.82, 2.24) is 9.97 Å². The second kappa shape index (κ2) is 3.19. The fraction of sp³-hybridized carbons (Fsp3) is 0.600. The lowest BCUT2D eigenvalue weighted by atomic mass is 10.3. The summed E-state index contributed by atoms with van der Waals surface area (Å²) in [4.78, 5) is 8.14. The monoisotopic (exact) mass is 253 g/mol. The van der Waals surface area contributed by atoms with Crippen LogP contribution in [0.1, 0.15) is 19.3 Å². The molecule has 2 fully saturated rings. The molecule has 0 aliphatic heterocycles. The molecule has 0 amide bonds. The predicted octanol–water partition coefficient (Wildman–Crippen LogP) is 2.45. The van der Waals surface area contributed by atoms with Crippen LogP contribution in [0.4, 0.5) is 5.82 Å². The Labute approximate surface area is 91.5 Å². The van der Waals surface area contributed by atoms with Crippen molar-refractivity contribution in [2.24, 2.45) is 11.8 Å². The lowest BCUT2D eigenvalue weighted by Crippen LogP contribution is -2.07. The van der Waals surface area contributed by atoms with Crippen molar-refractivity contribution < 1.29 is 0 Å². The Kier molecular flexibility index (Phi) is 1.97. The molecule has 1 N–H and O–H groups in total. The van der Waals surface area contributed by atoms with E-state index in [4.69, 9.17) is 0 Å². The normalized spacial score (nSPS) is 30.1. The van der Waals surface area contributed by atoms with Crippen molar-refractivity contribution in [2.45, 2.75) is 25.3 Å². The number of anilines is 1. The molecule has 2 atom stereocenters. The van der Waals surface area contributed by atoms with Crippen LogP contribution < -0.4 is 5.32 Å². The first-order valence-corrected chi connectivity index (χ1v) is 5.86. The Morgan fingerprint density at radius 3 is 3.00 bits per heavy atom. The highest BCUT2D eigenvalue weighted by Gasteiger charge is 2.47. The van der Waals surface area contributed by atoms with Gasteiger partial charge in [-0.2, -0.15) is 0 Å². The zero-order valence-corrected chi connectivity index (χ0v) is 9.37. The molecule has 1 heterocycles. The maximum Gasteiger partial charge on any atom is 0.143 e. The molecule has 1 aromatic rings. The van der Waals surface area contributed by atoms with E-state index in [1.807, 2.05) is 0 Å². The molecule has 74 valence electrons. The molecule has 0 unspecified atom stereocenters. The highest BCUT2D eigenvalue weighted by molar-refractivity contribution is 9.10. The Bertz CT molecular complexity index is 351. The third-order valence-electron chi connectivity index (χ3n) is 3.06. The predicted molar refractivity (Wildman–Crippen MR) is 58.0 cm³/mol. The summed E-state index contributed by atoms with van der Waals surface area (Å²) in [5, 5.41) is 3.46. The van der Waals surface area contributed by atoms with E-state index in [0.717, 1.165) is 22.1 Å². The molecule has 2 aliphatic carbocycles. The molecule has 3 rings (SSSR count). The van der Waals surface area contributed by atoms with Gasteiger partial charge in [0.15, 0.2) is 0 Å². The topological polar surface area (TPSA) is 37.8 Å². The van der Waals surface area contributed by atoms with E-state index in [1.54, 1.807) is 12.5 Å². The first-order valence-electron chi connectivity index (χ1n) is 5.06. The highest BCUT2D eigenvalue weighted by Crippen LogP contribution is 2.51. The van der Waals surface area contributed by atoms with Crippen molar-refractivity contribution in [2.75, 3.05) is 5.32 Å². The summed E-state index contributed by atoms with van der Waals surface area (Å²) < 4.78 is 0.960. The zero-order chi connectivity index (χ0) is 9.54. The standard InChI is InChI=1S/C10H12BrN3/c11-8-4-12-5-13-10(8)14-9-3-7(9)6-1-2-6/h4-7,9H,1-3H2,(H,12,13,14)/t7-,9+/m0/s1. The number of aromatic nitrogens is 2. The molecule has 1 aromatic heterocycles. The van der Waals surface area contributed by atoms with Crippen LogP contribution in [0, 0.1) is 11.8 Å². The molecule has 2 aliphatic rings. The molecule has 0 spiro atoms. The van der Waals surface area contributed by atoms with Gasteiger partial charge in [-0.25, -0.2) is 9.97 Å². The van der Waals surface area contributed by atoms with Gasteiger partial charge >= 0.3 is 0 Å². The first kappa shape index (κ1) is 8.65. The second-order valence-corrected chi connectivity index (χ2v) is 5.06. The van der Waals surface area contributed by atoms with E-state index in [-0.39, 0.29) is 0 Å². The maximum atomic E-state index is 4.20. The van der Waals surface area contributed by atoms with E-state index in [0.29, 0.717) is 6.04 Å². The SMILES string of the molecule is Brc1cncnc1N[C@@H]1C[C@H]1C1CC1. The molecule has 4 heteroatoms. The largest absolute Gasteiger partial charge is 0.366 e. The van der Waals surface area contributed by atoms with Gasteiger partial charge in [0, 0.05) is 12.2 Å². The van der Waals surface area contributed by atoms with Gasteiger partial charge in [0.25, 0.3) is 0 Å². The van der Waals surface area contributed by atoms with Gasteiger partial charge < -0.3 is 5.32 Å². The van der Waals surface area contributed by atoms with Crippen LogP contribution in [0.3, 0.4) is 0 Å². The van der Waals surface area contributed by atoms with E-state index >= 15 is 0 Å². The maximum absolute atomic E-state index is 4.20. The van der Waals surface area contributed by atoms with Crippen LogP contribution in [0.25, 0.3) is 0 Å². The summed E-state index contributed by atoms with van der Waals surface area (Å²) in [6.07, 6.45) is 7.56. The Morgan fingerprint density at radius 1 is 1.43 bits per heavy atom. The van der Waals surface area contributed by atoms with Crippen LogP contribution in [0.5, 0.6) is 0 Å². The Morgan fingerprint density at radius 2 is 2.29 bits per heavy atom. The van der Waals surface area contributed by atoms with Gasteiger partial charge in [-0.3, -0.25) is 0 Å². The molecule has 14 heavy (non-hydrogen) atoms. The third kappa shape index (κ3) is 1.63. The fourth-order valence-corrected chi connectivity index (χ4v) is 2.36. The summed E-state index contributed by atoms with van der Waals surface area (Å²) >= 11 is 3.44. The summed E-state index contributed by atoms with van der Waals surface area (Å²) in [7, 11) is 0. The van der Waals surface area contributed by atoms with Gasteiger partial charge in [-0.1, -0.05) is 0 Å². The van der Waals surface area contributed by atoms with Crippen molar-refractivity contribution in [1.29, 1.82) is 0 Å². The van der Waals surface area contributed by atoms with Gasteiger partial charge in [0.05, 0.1) is 4.47 Å². The summed E-state index contributed by atoms with van der Waals surface area (Å²) in [6, 6.07) is 0.661. The number of rotatable bonds is 3. The minimum Gasteiger partial charge on any atom is -0.366 e. The van der Waals surface area contributed by atoms with Crippen molar-refractivity contribution in [3.05, 3.63) is 17.0 Å². The minimum atomic E-state index is 0.661. The minimum absolute atomic E-state index is 0.661. The van der Waals surface area contributed by atoms with Crippen molar-refractivity contribution in [3.8, 4) is 0 Å². The van der Waals surface area contributed by atoms with E-state index in [9.17, 15) is 0 Å². The number of nitrogens with zero attached hydrogens (tertiary/aromatic N) is 2. The van der Waals surface area contributed by atoms with Gasteiger partial charge in [0.1, 0.15) is 12.1 Å². The average Bonchev–Trinajstić information content (AvgIpc) is 2.97. The number of hydrogen-bond acceptors (Lipinski definition) is 3. The smallest absolute Gasteiger partial charge is 0.143 e. The van der Waals surface area contributed by atoms with E-state index < -0.39 is 0 Å². The van der Waals surface area contributed by atoms with Gasteiger partial charge in [-0.15, -0.1) is 0 Å². The number of halogens is 1. The Hall–Kier alpha value is -0.640. The molecular weight excluding hydrogens is 242 g/mol. The third-order valence-corrected chi connectivity index (χ3v) is 3.64. The van der Waals surface area contributed by atoms with Crippen LogP contribution in [0.15, 0.2) is 17.0 Å². The fourth-order valence-electron chi connectivity index (χ4n) is 2.02. The van der Waals surface area contributed by atoms with Crippen LogP contribution in [0.2, 0.25) is 0 Å². The summed E-state index contributed by atoms with van der Waals surface area (Å²) in [5.41, 5.74) is 0. The number of hydrogen-bond donors (Lipinski definition) is 1. The molecule has 2 saturated carbocycles. The molecule has 0 radical (unpaired) electrons. The van der Waals surface area contributed by atoms with Gasteiger partial charge in [-0.05, 0) is 47.0 Å². The first-order chi connectivity index (χ1) is 6.84. The van der Waals surface area contributed by atoms with Crippen LogP contribution in [-0.2, 0) is 0 Å². The summed E-state index contributed by atoms with van der Waals surface area (Å²) in [5.74, 6) is 2.86. The van der Waals surface area contributed by atoms with E-state index in [2.05, 4.69) is 31.2 Å². The molecule has 0 saturated heterocycles. The second-order valence-electron chi connectivity index (χ2n) is 4.21. The van der Waals surface area contributed by atoms with Gasteiger partial charge in [0.2, 0.25) is 0 Å². The van der Waals surface area contributed by atoms with Crippen LogP contribution in [-0.4, -0.2) is 16.0 Å². The zero-order valence-electron chi connectivity index (χ0n) is 7.78. The van der Waals surface area contributed by atoms with Crippen LogP contribution >= 0.6 is 15.9 Å². The molecular formula is C10H12BrN3. The summed E-state index contributed by atoms with van der Waals surface area (Å²) in [6.45, 7) is 0. The van der Waals surface area contributed by atoms with Crippen molar-refractivity contribution >= 4 is 21.7 Å². The lowest BCUT2D eigenvalue weighted by molar-refractivity contribution is 0.696. The molecule has 0 bridgehead atoms. The molecule has 3 nitrogen and oxygen atoms in total. The van der Waals surface area contributed by atoms with E-state index in [1.165, 1.54) is 19.3 Å².